The minimum absolute atomic E-state index is 0.0215. The van der Waals surface area contributed by atoms with Crippen molar-refractivity contribution in [1.82, 2.24) is 24.7 Å². The van der Waals surface area contributed by atoms with Gasteiger partial charge in [-0.05, 0) is 25.9 Å². The third-order valence-electron chi connectivity index (χ3n) is 8.09. The Bertz CT molecular complexity index is 1140. The van der Waals surface area contributed by atoms with E-state index in [0.29, 0.717) is 12.5 Å². The predicted octanol–water partition coefficient (Wildman–Crippen LogP) is 4.77. The van der Waals surface area contributed by atoms with Gasteiger partial charge in [0.05, 0.1) is 47.2 Å². The molecule has 1 atom stereocenters. The molecule has 208 valence electrons. The number of fused-ring (bicyclic) bond motifs is 2. The summed E-state index contributed by atoms with van der Waals surface area (Å²) in [7, 11) is 0. The Labute approximate surface area is 236 Å². The highest BCUT2D eigenvalue weighted by atomic mass is 32.1. The van der Waals surface area contributed by atoms with E-state index in [4.69, 9.17) is 20.0 Å². The van der Waals surface area contributed by atoms with Crippen molar-refractivity contribution in [2.75, 3.05) is 59.0 Å². The second-order valence-corrected chi connectivity index (χ2v) is 15.1. The molecule has 38 heavy (non-hydrogen) atoms. The SMILES string of the molecule is CC(C)(C)c1nc2c(s1)CN(CCCN1CCOCC1)CC2CC(C)(C)c1nc2c(s1)CN(CC#N)CC2. The molecule has 0 aromatic carbocycles. The fourth-order valence-corrected chi connectivity index (χ4v) is 8.44. The number of ether oxygens (including phenoxy) is 1. The zero-order valence-corrected chi connectivity index (χ0v) is 25.5. The first-order valence-electron chi connectivity index (χ1n) is 14.2. The molecular weight excluding hydrogens is 512 g/mol. The van der Waals surface area contributed by atoms with Gasteiger partial charge >= 0.3 is 0 Å². The molecule has 9 heteroatoms. The standard InChI is InChI=1S/C29H44N6OS2/c1-28(2,3)26-32-25-21(18-35(20-24(25)38-26)10-6-9-33-13-15-36-16-14-33)17-29(4,5)27-31-22-7-11-34(12-8-30)19-23(22)37-27/h21H,6-7,9-20H2,1-5H3. The summed E-state index contributed by atoms with van der Waals surface area (Å²) in [4.78, 5) is 20.7. The Hall–Kier alpha value is -1.41. The Balaban J connectivity index is 1.31. The van der Waals surface area contributed by atoms with Gasteiger partial charge in [0, 0.05) is 72.2 Å². The fraction of sp³-hybridized carbons (Fsp3) is 0.759. The van der Waals surface area contributed by atoms with Crippen molar-refractivity contribution in [3.05, 3.63) is 31.2 Å². The van der Waals surface area contributed by atoms with Gasteiger partial charge in [-0.25, -0.2) is 9.97 Å². The van der Waals surface area contributed by atoms with Crippen LogP contribution in [0.4, 0.5) is 0 Å². The monoisotopic (exact) mass is 556 g/mol. The number of aromatic nitrogens is 2. The highest BCUT2D eigenvalue weighted by Gasteiger charge is 2.37. The van der Waals surface area contributed by atoms with Crippen molar-refractivity contribution in [3.63, 3.8) is 0 Å². The molecule has 3 aliphatic heterocycles. The van der Waals surface area contributed by atoms with Crippen molar-refractivity contribution in [1.29, 1.82) is 5.26 Å². The molecule has 1 fully saturated rings. The normalized spacial score (nSPS) is 21.7. The summed E-state index contributed by atoms with van der Waals surface area (Å²) >= 11 is 3.81. The first-order valence-corrected chi connectivity index (χ1v) is 15.9. The summed E-state index contributed by atoms with van der Waals surface area (Å²) in [5.41, 5.74) is 2.66. The fourth-order valence-electron chi connectivity index (χ4n) is 5.93. The predicted molar refractivity (Wildman–Crippen MR) is 155 cm³/mol. The lowest BCUT2D eigenvalue weighted by Gasteiger charge is -2.36. The van der Waals surface area contributed by atoms with Gasteiger partial charge in [-0.3, -0.25) is 14.7 Å². The number of morpholine rings is 1. The lowest BCUT2D eigenvalue weighted by atomic mass is 9.80. The van der Waals surface area contributed by atoms with Gasteiger partial charge in [-0.15, -0.1) is 22.7 Å². The lowest BCUT2D eigenvalue weighted by Crippen LogP contribution is -2.40. The largest absolute Gasteiger partial charge is 0.379 e. The van der Waals surface area contributed by atoms with Gasteiger partial charge in [0.25, 0.3) is 0 Å². The average Bonchev–Trinajstić information content (AvgIpc) is 3.50. The Kier molecular flexibility index (Phi) is 8.59. The summed E-state index contributed by atoms with van der Waals surface area (Å²) in [6, 6.07) is 2.31. The lowest BCUT2D eigenvalue weighted by molar-refractivity contribution is 0.0357. The van der Waals surface area contributed by atoms with Crippen molar-refractivity contribution < 1.29 is 4.74 Å². The minimum atomic E-state index is -0.0215. The van der Waals surface area contributed by atoms with Crippen LogP contribution in [-0.2, 0) is 35.1 Å². The molecule has 5 rings (SSSR count). The number of rotatable bonds is 8. The minimum Gasteiger partial charge on any atom is -0.379 e. The molecule has 1 saturated heterocycles. The Morgan fingerprint density at radius 2 is 1.63 bits per heavy atom. The molecule has 0 N–H and O–H groups in total. The topological polar surface area (TPSA) is 68.5 Å². The summed E-state index contributed by atoms with van der Waals surface area (Å²) in [5, 5.41) is 11.7. The maximum absolute atomic E-state index is 9.14. The summed E-state index contributed by atoms with van der Waals surface area (Å²) in [5.74, 6) is 0.417. The quantitative estimate of drug-likeness (QED) is 0.434. The molecule has 3 aliphatic rings. The molecule has 5 heterocycles. The van der Waals surface area contributed by atoms with E-state index >= 15 is 0 Å². The van der Waals surface area contributed by atoms with Gasteiger partial charge in [0.15, 0.2) is 0 Å². The second-order valence-electron chi connectivity index (χ2n) is 12.9. The molecule has 2 aromatic rings. The highest BCUT2D eigenvalue weighted by molar-refractivity contribution is 7.12. The Morgan fingerprint density at radius 1 is 0.921 bits per heavy atom. The summed E-state index contributed by atoms with van der Waals surface area (Å²) in [6.45, 7) is 22.2. The van der Waals surface area contributed by atoms with E-state index < -0.39 is 0 Å². The number of nitrogens with zero attached hydrogens (tertiary/aromatic N) is 6. The van der Waals surface area contributed by atoms with Gasteiger partial charge in [-0.1, -0.05) is 34.6 Å². The van der Waals surface area contributed by atoms with Crippen LogP contribution in [0.3, 0.4) is 0 Å². The van der Waals surface area contributed by atoms with E-state index in [1.807, 2.05) is 22.7 Å². The van der Waals surface area contributed by atoms with Crippen LogP contribution >= 0.6 is 22.7 Å². The van der Waals surface area contributed by atoms with Crippen molar-refractivity contribution in [2.45, 2.75) is 83.7 Å². The zero-order valence-electron chi connectivity index (χ0n) is 23.9. The van der Waals surface area contributed by atoms with Crippen LogP contribution in [0.15, 0.2) is 0 Å². The molecule has 2 aromatic heterocycles. The van der Waals surface area contributed by atoms with Crippen molar-refractivity contribution in [3.8, 4) is 6.07 Å². The van der Waals surface area contributed by atoms with E-state index in [-0.39, 0.29) is 10.8 Å². The molecular formula is C29H44N6OS2. The van der Waals surface area contributed by atoms with Gasteiger partial charge in [0.1, 0.15) is 0 Å². The zero-order chi connectivity index (χ0) is 26.9. The average molecular weight is 557 g/mol. The highest BCUT2D eigenvalue weighted by Crippen LogP contribution is 2.44. The van der Waals surface area contributed by atoms with E-state index in [0.717, 1.165) is 78.4 Å². The maximum atomic E-state index is 9.14. The third kappa shape index (κ3) is 6.48. The van der Waals surface area contributed by atoms with Crippen LogP contribution in [0, 0.1) is 11.3 Å². The van der Waals surface area contributed by atoms with Crippen LogP contribution in [0.25, 0.3) is 0 Å². The van der Waals surface area contributed by atoms with Crippen LogP contribution < -0.4 is 0 Å². The maximum Gasteiger partial charge on any atom is 0.0988 e. The Morgan fingerprint density at radius 3 is 2.37 bits per heavy atom. The van der Waals surface area contributed by atoms with Crippen LogP contribution in [-0.4, -0.2) is 83.7 Å². The van der Waals surface area contributed by atoms with E-state index in [1.165, 1.54) is 37.6 Å². The summed E-state index contributed by atoms with van der Waals surface area (Å²) < 4.78 is 5.53. The smallest absolute Gasteiger partial charge is 0.0988 e. The number of thiazole rings is 2. The van der Waals surface area contributed by atoms with E-state index in [2.05, 4.69) is 55.4 Å². The molecule has 1 unspecified atom stereocenters. The third-order valence-corrected chi connectivity index (χ3v) is 11.0. The first kappa shape index (κ1) is 28.1. The van der Waals surface area contributed by atoms with E-state index in [1.54, 1.807) is 0 Å². The molecule has 0 aliphatic carbocycles. The second kappa shape index (κ2) is 11.6. The van der Waals surface area contributed by atoms with Crippen molar-refractivity contribution >= 4 is 22.7 Å². The molecule has 0 radical (unpaired) electrons. The molecule has 0 spiro atoms. The first-order chi connectivity index (χ1) is 18.1. The van der Waals surface area contributed by atoms with Crippen LogP contribution in [0.1, 0.15) is 84.5 Å². The molecule has 0 amide bonds. The van der Waals surface area contributed by atoms with Crippen molar-refractivity contribution in [2.24, 2.45) is 0 Å². The summed E-state index contributed by atoms with van der Waals surface area (Å²) in [6.07, 6.45) is 3.21. The van der Waals surface area contributed by atoms with Crippen LogP contribution in [0.5, 0.6) is 0 Å². The van der Waals surface area contributed by atoms with Crippen LogP contribution in [0.2, 0.25) is 0 Å². The molecule has 0 bridgehead atoms. The van der Waals surface area contributed by atoms with Gasteiger partial charge in [0.2, 0.25) is 0 Å². The number of hydrogen-bond acceptors (Lipinski definition) is 9. The molecule has 0 saturated carbocycles. The van der Waals surface area contributed by atoms with Gasteiger partial charge in [-0.2, -0.15) is 5.26 Å². The molecule has 7 nitrogen and oxygen atoms in total. The number of nitriles is 1. The number of hydrogen-bond donors (Lipinski definition) is 0. The van der Waals surface area contributed by atoms with Gasteiger partial charge < -0.3 is 4.74 Å². The van der Waals surface area contributed by atoms with E-state index in [9.17, 15) is 0 Å².